The number of nitrogens with one attached hydrogen (secondary N) is 1. The van der Waals surface area contributed by atoms with Gasteiger partial charge in [0.15, 0.2) is 5.82 Å². The summed E-state index contributed by atoms with van der Waals surface area (Å²) in [5.74, 6) is 2.78. The zero-order valence-corrected chi connectivity index (χ0v) is 10.5. The Balaban J connectivity index is 2.26. The van der Waals surface area contributed by atoms with Crippen molar-refractivity contribution in [1.29, 1.82) is 0 Å². The van der Waals surface area contributed by atoms with Gasteiger partial charge in [-0.1, -0.05) is 20.8 Å². The topological polar surface area (TPSA) is 42.7 Å². The highest BCUT2D eigenvalue weighted by Crippen LogP contribution is 2.25. The van der Waals surface area contributed by atoms with Gasteiger partial charge in [0.25, 0.3) is 0 Å². The molecule has 4 heteroatoms. The normalized spacial score (nSPS) is 25.9. The molecule has 4 nitrogen and oxygen atoms in total. The largest absolute Gasteiger partial charge is 0.316 e. The van der Waals surface area contributed by atoms with Crippen LogP contribution < -0.4 is 5.32 Å². The van der Waals surface area contributed by atoms with Gasteiger partial charge in [-0.05, 0) is 25.4 Å². The lowest BCUT2D eigenvalue weighted by molar-refractivity contribution is 0.249. The first-order valence-electron chi connectivity index (χ1n) is 6.41. The summed E-state index contributed by atoms with van der Waals surface area (Å²) in [4.78, 5) is 4.59. The summed E-state index contributed by atoms with van der Waals surface area (Å²) in [6.07, 6.45) is 3.07. The number of piperidine rings is 1. The lowest BCUT2D eigenvalue weighted by atomic mass is 9.95. The fraction of sp³-hybridized carbons (Fsp3) is 0.833. The smallest absolute Gasteiger partial charge is 0.150 e. The molecule has 90 valence electrons. The van der Waals surface area contributed by atoms with Crippen molar-refractivity contribution in [2.75, 3.05) is 13.1 Å². The predicted octanol–water partition coefficient (Wildman–Crippen LogP) is 1.57. The van der Waals surface area contributed by atoms with E-state index in [1.807, 2.05) is 0 Å². The van der Waals surface area contributed by atoms with Gasteiger partial charge in [0.1, 0.15) is 5.82 Å². The Labute approximate surface area is 97.5 Å². The summed E-state index contributed by atoms with van der Waals surface area (Å²) < 4.78 is 2.18. The van der Waals surface area contributed by atoms with E-state index in [4.69, 9.17) is 0 Å². The second-order valence-electron chi connectivity index (χ2n) is 4.63. The Hall–Kier alpha value is -0.900. The average molecular weight is 222 g/mol. The van der Waals surface area contributed by atoms with E-state index < -0.39 is 0 Å². The van der Waals surface area contributed by atoms with Crippen LogP contribution in [0.2, 0.25) is 0 Å². The van der Waals surface area contributed by atoms with Crippen LogP contribution in [0, 0.1) is 5.92 Å². The number of hydrogen-bond acceptors (Lipinski definition) is 3. The van der Waals surface area contributed by atoms with Crippen LogP contribution in [0.3, 0.4) is 0 Å². The molecule has 2 unspecified atom stereocenters. The molecule has 16 heavy (non-hydrogen) atoms. The first-order valence-corrected chi connectivity index (χ1v) is 6.41. The second-order valence-corrected chi connectivity index (χ2v) is 4.63. The highest BCUT2D eigenvalue weighted by Gasteiger charge is 2.25. The Morgan fingerprint density at radius 1 is 1.38 bits per heavy atom. The molecule has 0 saturated carbocycles. The fourth-order valence-corrected chi connectivity index (χ4v) is 2.42. The molecule has 1 aliphatic heterocycles. The minimum atomic E-state index is 0.531. The van der Waals surface area contributed by atoms with Crippen LogP contribution in [0.25, 0.3) is 0 Å². The summed E-state index contributed by atoms with van der Waals surface area (Å²) in [7, 11) is 0. The number of aryl methyl sites for hydroxylation is 2. The molecule has 0 aromatic carbocycles. The minimum absolute atomic E-state index is 0.531. The van der Waals surface area contributed by atoms with Crippen LogP contribution >= 0.6 is 0 Å². The van der Waals surface area contributed by atoms with Gasteiger partial charge in [-0.3, -0.25) is 0 Å². The molecule has 0 bridgehead atoms. The van der Waals surface area contributed by atoms with Crippen molar-refractivity contribution in [3.8, 4) is 0 Å². The monoisotopic (exact) mass is 222 g/mol. The molecule has 1 aliphatic rings. The van der Waals surface area contributed by atoms with E-state index in [-0.39, 0.29) is 0 Å². The highest BCUT2D eigenvalue weighted by atomic mass is 15.4. The van der Waals surface area contributed by atoms with Crippen molar-refractivity contribution in [3.05, 3.63) is 11.6 Å². The zero-order valence-electron chi connectivity index (χ0n) is 10.5. The molecule has 1 saturated heterocycles. The van der Waals surface area contributed by atoms with E-state index in [1.54, 1.807) is 0 Å². The Kier molecular flexibility index (Phi) is 3.59. The van der Waals surface area contributed by atoms with Crippen LogP contribution in [0.15, 0.2) is 0 Å². The van der Waals surface area contributed by atoms with Crippen LogP contribution in [0.5, 0.6) is 0 Å². The first kappa shape index (κ1) is 11.6. The number of aromatic nitrogens is 3. The molecule has 1 fully saturated rings. The maximum absolute atomic E-state index is 4.65. The summed E-state index contributed by atoms with van der Waals surface area (Å²) in [5.41, 5.74) is 0. The van der Waals surface area contributed by atoms with Gasteiger partial charge in [-0.25, -0.2) is 9.67 Å². The lowest BCUT2D eigenvalue weighted by Crippen LogP contribution is -2.37. The van der Waals surface area contributed by atoms with Crippen molar-refractivity contribution in [2.24, 2.45) is 5.92 Å². The predicted molar refractivity (Wildman–Crippen MR) is 64.5 cm³/mol. The van der Waals surface area contributed by atoms with E-state index in [1.165, 1.54) is 6.42 Å². The minimum Gasteiger partial charge on any atom is -0.316 e. The Morgan fingerprint density at radius 2 is 2.19 bits per heavy atom. The van der Waals surface area contributed by atoms with Crippen molar-refractivity contribution in [3.63, 3.8) is 0 Å². The van der Waals surface area contributed by atoms with Crippen LogP contribution in [-0.2, 0) is 12.8 Å². The van der Waals surface area contributed by atoms with Gasteiger partial charge in [0.2, 0.25) is 0 Å². The van der Waals surface area contributed by atoms with Crippen LogP contribution in [-0.4, -0.2) is 27.9 Å². The second kappa shape index (κ2) is 4.95. The average Bonchev–Trinajstić information content (AvgIpc) is 2.72. The van der Waals surface area contributed by atoms with Crippen molar-refractivity contribution < 1.29 is 0 Å². The van der Waals surface area contributed by atoms with E-state index in [0.29, 0.717) is 12.0 Å². The van der Waals surface area contributed by atoms with E-state index in [9.17, 15) is 0 Å². The summed E-state index contributed by atoms with van der Waals surface area (Å²) in [6, 6.07) is 0.531. The third-order valence-electron chi connectivity index (χ3n) is 3.43. The van der Waals surface area contributed by atoms with Crippen molar-refractivity contribution >= 4 is 0 Å². The van der Waals surface area contributed by atoms with Gasteiger partial charge in [0, 0.05) is 12.8 Å². The maximum Gasteiger partial charge on any atom is 0.150 e. The van der Waals surface area contributed by atoms with Gasteiger partial charge >= 0.3 is 0 Å². The van der Waals surface area contributed by atoms with E-state index in [0.717, 1.165) is 37.6 Å². The molecule has 1 aromatic heterocycles. The maximum atomic E-state index is 4.65. The van der Waals surface area contributed by atoms with Crippen molar-refractivity contribution in [2.45, 2.75) is 46.1 Å². The quantitative estimate of drug-likeness (QED) is 0.844. The SMILES string of the molecule is CCc1nc(CC)n(C2CCNCC2C)n1. The van der Waals surface area contributed by atoms with Gasteiger partial charge < -0.3 is 5.32 Å². The molecule has 0 spiro atoms. The van der Waals surface area contributed by atoms with Gasteiger partial charge in [-0.2, -0.15) is 5.10 Å². The molecular formula is C12H22N4. The molecule has 0 amide bonds. The molecule has 0 radical (unpaired) electrons. The third kappa shape index (κ3) is 2.12. The summed E-state index contributed by atoms with van der Waals surface area (Å²) >= 11 is 0. The molecule has 2 heterocycles. The molecule has 0 aliphatic carbocycles. The molecular weight excluding hydrogens is 200 g/mol. The summed E-state index contributed by atoms with van der Waals surface area (Å²) in [5, 5.41) is 8.08. The van der Waals surface area contributed by atoms with Gasteiger partial charge in [0.05, 0.1) is 6.04 Å². The number of rotatable bonds is 3. The van der Waals surface area contributed by atoms with Crippen LogP contribution in [0.1, 0.15) is 44.9 Å². The molecule has 1 aromatic rings. The van der Waals surface area contributed by atoms with E-state index >= 15 is 0 Å². The van der Waals surface area contributed by atoms with E-state index in [2.05, 4.69) is 40.9 Å². The number of nitrogens with zero attached hydrogens (tertiary/aromatic N) is 3. The standard InChI is InChI=1S/C12H22N4/c1-4-11-14-12(5-2)16(15-11)10-6-7-13-8-9(10)3/h9-10,13H,4-8H2,1-3H3. The highest BCUT2D eigenvalue weighted by molar-refractivity contribution is 4.96. The van der Waals surface area contributed by atoms with Gasteiger partial charge in [-0.15, -0.1) is 0 Å². The molecule has 1 N–H and O–H groups in total. The zero-order chi connectivity index (χ0) is 11.5. The number of hydrogen-bond donors (Lipinski definition) is 1. The summed E-state index contributed by atoms with van der Waals surface area (Å²) in [6.45, 7) is 8.76. The molecule has 2 rings (SSSR count). The Bertz CT molecular complexity index is 345. The van der Waals surface area contributed by atoms with Crippen LogP contribution in [0.4, 0.5) is 0 Å². The Morgan fingerprint density at radius 3 is 2.81 bits per heavy atom. The molecule has 2 atom stereocenters. The first-order chi connectivity index (χ1) is 7.76. The lowest BCUT2D eigenvalue weighted by Gasteiger charge is -2.30. The van der Waals surface area contributed by atoms with Crippen molar-refractivity contribution in [1.82, 2.24) is 20.1 Å². The fourth-order valence-electron chi connectivity index (χ4n) is 2.42. The third-order valence-corrected chi connectivity index (χ3v) is 3.43.